The molecular formula is C26H35FN2O2. The SMILES string of the molecule is CC[C@H](NC(=O)C1CCN(C(=O)c2ccc(F)cc2)CC1)C12CC3CC(CC(C3)C1)C2. The van der Waals surface area contributed by atoms with Gasteiger partial charge in [0.1, 0.15) is 5.82 Å². The second kappa shape index (κ2) is 8.22. The fourth-order valence-electron chi connectivity index (χ4n) is 7.70. The lowest BCUT2D eigenvalue weighted by Crippen LogP contribution is -2.57. The minimum Gasteiger partial charge on any atom is -0.353 e. The Balaban J connectivity index is 1.18. The van der Waals surface area contributed by atoms with Crippen LogP contribution in [0.3, 0.4) is 0 Å². The summed E-state index contributed by atoms with van der Waals surface area (Å²) in [4.78, 5) is 27.7. The van der Waals surface area contributed by atoms with E-state index < -0.39 is 0 Å². The predicted molar refractivity (Wildman–Crippen MR) is 118 cm³/mol. The van der Waals surface area contributed by atoms with Gasteiger partial charge in [-0.15, -0.1) is 0 Å². The van der Waals surface area contributed by atoms with E-state index in [2.05, 4.69) is 12.2 Å². The molecule has 31 heavy (non-hydrogen) atoms. The topological polar surface area (TPSA) is 49.4 Å². The predicted octanol–water partition coefficient (Wildman–Crippen LogP) is 4.79. The maximum absolute atomic E-state index is 13.2. The van der Waals surface area contributed by atoms with E-state index in [-0.39, 0.29) is 23.5 Å². The van der Waals surface area contributed by atoms with Gasteiger partial charge in [-0.25, -0.2) is 4.39 Å². The molecule has 1 N–H and O–H groups in total. The molecular weight excluding hydrogens is 391 g/mol. The van der Waals surface area contributed by atoms with Gasteiger partial charge in [0.25, 0.3) is 5.91 Å². The fraction of sp³-hybridized carbons (Fsp3) is 0.692. The number of carbonyl (C=O) groups is 2. The van der Waals surface area contributed by atoms with E-state index in [1.807, 2.05) is 0 Å². The number of amides is 2. The van der Waals surface area contributed by atoms with E-state index in [4.69, 9.17) is 0 Å². The Labute approximate surface area is 185 Å². The number of nitrogens with zero attached hydrogens (tertiary/aromatic N) is 1. The summed E-state index contributed by atoms with van der Waals surface area (Å²) in [5.41, 5.74) is 0.843. The highest BCUT2D eigenvalue weighted by atomic mass is 19.1. The van der Waals surface area contributed by atoms with Gasteiger partial charge in [-0.2, -0.15) is 0 Å². The molecule has 1 saturated heterocycles. The molecule has 1 atom stereocenters. The summed E-state index contributed by atoms with van der Waals surface area (Å²) in [6.07, 6.45) is 10.6. The van der Waals surface area contributed by atoms with Crippen molar-refractivity contribution in [3.8, 4) is 0 Å². The molecule has 4 nitrogen and oxygen atoms in total. The molecule has 5 heteroatoms. The summed E-state index contributed by atoms with van der Waals surface area (Å²) in [6, 6.07) is 6.01. The molecule has 2 amide bonds. The lowest BCUT2D eigenvalue weighted by molar-refractivity contribution is -0.131. The lowest BCUT2D eigenvalue weighted by atomic mass is 9.47. The van der Waals surface area contributed by atoms with Crippen LogP contribution in [0.25, 0.3) is 0 Å². The number of halogens is 1. The monoisotopic (exact) mass is 426 g/mol. The molecule has 1 aromatic carbocycles. The Morgan fingerprint density at radius 3 is 2.10 bits per heavy atom. The third-order valence-corrected chi connectivity index (χ3v) is 8.79. The van der Waals surface area contributed by atoms with Crippen LogP contribution in [0.4, 0.5) is 4.39 Å². The van der Waals surface area contributed by atoms with Gasteiger partial charge in [-0.3, -0.25) is 9.59 Å². The minimum atomic E-state index is -0.337. The lowest BCUT2D eigenvalue weighted by Gasteiger charge is -2.59. The summed E-state index contributed by atoms with van der Waals surface area (Å²) in [6.45, 7) is 3.40. The second-order valence-corrected chi connectivity index (χ2v) is 10.8. The van der Waals surface area contributed by atoms with E-state index in [0.29, 0.717) is 43.0 Å². The molecule has 0 aromatic heterocycles. The average molecular weight is 427 g/mol. The minimum absolute atomic E-state index is 0.0137. The molecule has 5 fully saturated rings. The fourth-order valence-corrected chi connectivity index (χ4v) is 7.70. The van der Waals surface area contributed by atoms with E-state index in [0.717, 1.165) is 24.2 Å². The first kappa shape index (κ1) is 21.0. The maximum atomic E-state index is 13.2. The van der Waals surface area contributed by atoms with Crippen molar-refractivity contribution in [3.63, 3.8) is 0 Å². The summed E-state index contributed by atoms with van der Waals surface area (Å²) in [5, 5.41) is 3.49. The van der Waals surface area contributed by atoms with Crippen molar-refractivity contribution in [2.24, 2.45) is 29.1 Å². The van der Waals surface area contributed by atoms with Crippen LogP contribution in [-0.4, -0.2) is 35.8 Å². The number of rotatable bonds is 5. The van der Waals surface area contributed by atoms with Gasteiger partial charge < -0.3 is 10.2 Å². The van der Waals surface area contributed by atoms with Crippen molar-refractivity contribution in [1.82, 2.24) is 10.2 Å². The van der Waals surface area contributed by atoms with Crippen molar-refractivity contribution in [2.45, 2.75) is 70.8 Å². The molecule has 168 valence electrons. The normalized spacial score (nSPS) is 33.4. The highest BCUT2D eigenvalue weighted by molar-refractivity contribution is 5.94. The first-order valence-corrected chi connectivity index (χ1v) is 12.3. The first-order chi connectivity index (χ1) is 15.0. The Bertz CT molecular complexity index is 793. The molecule has 1 heterocycles. The zero-order chi connectivity index (χ0) is 21.6. The molecule has 0 spiro atoms. The summed E-state index contributed by atoms with van der Waals surface area (Å²) >= 11 is 0. The molecule has 4 saturated carbocycles. The number of benzene rings is 1. The first-order valence-electron chi connectivity index (χ1n) is 12.3. The van der Waals surface area contributed by atoms with Crippen LogP contribution in [-0.2, 0) is 4.79 Å². The summed E-state index contributed by atoms with van der Waals surface area (Å²) < 4.78 is 13.1. The van der Waals surface area contributed by atoms with Gasteiger partial charge >= 0.3 is 0 Å². The number of nitrogens with one attached hydrogen (secondary N) is 1. The summed E-state index contributed by atoms with van der Waals surface area (Å²) in [5.74, 6) is 2.43. The van der Waals surface area contributed by atoms with Crippen LogP contribution in [0.15, 0.2) is 24.3 Å². The molecule has 1 aliphatic heterocycles. The number of hydrogen-bond donors (Lipinski definition) is 1. The van der Waals surface area contributed by atoms with Crippen molar-refractivity contribution in [2.75, 3.05) is 13.1 Å². The van der Waals surface area contributed by atoms with Gasteiger partial charge in [-0.05, 0) is 105 Å². The van der Waals surface area contributed by atoms with Crippen LogP contribution >= 0.6 is 0 Å². The maximum Gasteiger partial charge on any atom is 0.253 e. The molecule has 4 aliphatic carbocycles. The number of likely N-dealkylation sites (tertiary alicyclic amines) is 1. The highest BCUT2D eigenvalue weighted by Gasteiger charge is 2.54. The van der Waals surface area contributed by atoms with Crippen LogP contribution < -0.4 is 5.32 Å². The van der Waals surface area contributed by atoms with Crippen molar-refractivity contribution < 1.29 is 14.0 Å². The number of carbonyl (C=O) groups excluding carboxylic acids is 2. The standard InChI is InChI=1S/C26H35FN2O2/c1-2-23(26-14-17-11-18(15-26)13-19(12-17)16-26)28-24(30)20-7-9-29(10-8-20)25(31)21-3-5-22(27)6-4-21/h3-6,17-20,23H,2,7-16H2,1H3,(H,28,30)/t17?,18?,19?,23-,26?/m0/s1. The van der Waals surface area contributed by atoms with E-state index >= 15 is 0 Å². The molecule has 1 aromatic rings. The van der Waals surface area contributed by atoms with E-state index in [9.17, 15) is 14.0 Å². The van der Waals surface area contributed by atoms with Crippen molar-refractivity contribution >= 4 is 11.8 Å². The number of hydrogen-bond acceptors (Lipinski definition) is 2. The van der Waals surface area contributed by atoms with Gasteiger partial charge in [0, 0.05) is 30.6 Å². The Morgan fingerprint density at radius 2 is 1.58 bits per heavy atom. The van der Waals surface area contributed by atoms with Crippen LogP contribution in [0.5, 0.6) is 0 Å². The Kier molecular flexibility index (Phi) is 5.56. The van der Waals surface area contributed by atoms with Gasteiger partial charge in [-0.1, -0.05) is 6.92 Å². The zero-order valence-electron chi connectivity index (χ0n) is 18.6. The highest BCUT2D eigenvalue weighted by Crippen LogP contribution is 2.61. The van der Waals surface area contributed by atoms with E-state index in [1.165, 1.54) is 62.8 Å². The molecule has 0 unspecified atom stereocenters. The average Bonchev–Trinajstić information content (AvgIpc) is 2.76. The Morgan fingerprint density at radius 1 is 1.03 bits per heavy atom. The largest absolute Gasteiger partial charge is 0.353 e. The molecule has 4 bridgehead atoms. The third-order valence-electron chi connectivity index (χ3n) is 8.79. The summed E-state index contributed by atoms with van der Waals surface area (Å²) in [7, 11) is 0. The van der Waals surface area contributed by atoms with Crippen LogP contribution in [0, 0.1) is 34.9 Å². The molecule has 0 radical (unpaired) electrons. The van der Waals surface area contributed by atoms with Crippen LogP contribution in [0.1, 0.15) is 75.1 Å². The third kappa shape index (κ3) is 4.01. The second-order valence-electron chi connectivity index (χ2n) is 10.8. The van der Waals surface area contributed by atoms with Gasteiger partial charge in [0.05, 0.1) is 0 Å². The van der Waals surface area contributed by atoms with Gasteiger partial charge in [0.15, 0.2) is 0 Å². The molecule has 5 aliphatic rings. The Hall–Kier alpha value is -1.91. The van der Waals surface area contributed by atoms with Crippen molar-refractivity contribution in [1.29, 1.82) is 0 Å². The number of piperidine rings is 1. The van der Waals surface area contributed by atoms with Crippen molar-refractivity contribution in [3.05, 3.63) is 35.6 Å². The molecule has 6 rings (SSSR count). The quantitative estimate of drug-likeness (QED) is 0.736. The zero-order valence-corrected chi connectivity index (χ0v) is 18.6. The van der Waals surface area contributed by atoms with Crippen LogP contribution in [0.2, 0.25) is 0 Å². The smallest absolute Gasteiger partial charge is 0.253 e. The van der Waals surface area contributed by atoms with Gasteiger partial charge in [0.2, 0.25) is 5.91 Å². The van der Waals surface area contributed by atoms with E-state index in [1.54, 1.807) is 4.90 Å².